The molecule has 1 aromatic rings. The maximum atomic E-state index is 11.5. The van der Waals surface area contributed by atoms with Crippen LogP contribution in [0.15, 0.2) is 11.6 Å². The van der Waals surface area contributed by atoms with Crippen LogP contribution in [-0.4, -0.2) is 30.6 Å². The molecule has 0 saturated carbocycles. The highest BCUT2D eigenvalue weighted by Gasteiger charge is 2.25. The van der Waals surface area contributed by atoms with E-state index in [0.29, 0.717) is 13.2 Å². The first-order valence-electron chi connectivity index (χ1n) is 5.05. The second-order valence-corrected chi connectivity index (χ2v) is 4.75. The van der Waals surface area contributed by atoms with Crippen LogP contribution in [0.25, 0.3) is 0 Å². The zero-order valence-electron chi connectivity index (χ0n) is 9.53. The van der Waals surface area contributed by atoms with Gasteiger partial charge in [0, 0.05) is 18.1 Å². The summed E-state index contributed by atoms with van der Waals surface area (Å²) >= 11 is 1.51. The van der Waals surface area contributed by atoms with Crippen molar-refractivity contribution < 1.29 is 9.53 Å². The van der Waals surface area contributed by atoms with Crippen LogP contribution in [0.4, 0.5) is 0 Å². The van der Waals surface area contributed by atoms with Crippen LogP contribution in [0, 0.1) is 0 Å². The zero-order chi connectivity index (χ0) is 12.0. The van der Waals surface area contributed by atoms with Gasteiger partial charge in [0.05, 0.1) is 12.1 Å². The molecule has 90 valence electrons. The molecule has 0 saturated heterocycles. The van der Waals surface area contributed by atoms with E-state index in [1.54, 1.807) is 6.20 Å². The molecule has 16 heavy (non-hydrogen) atoms. The molecule has 1 aromatic heterocycles. The summed E-state index contributed by atoms with van der Waals surface area (Å²) in [6.45, 7) is 4.67. The Hall–Kier alpha value is -0.980. The number of aromatic nitrogens is 1. The summed E-state index contributed by atoms with van der Waals surface area (Å²) < 4.78 is 5.05. The number of amides is 1. The molecule has 0 spiro atoms. The van der Waals surface area contributed by atoms with Gasteiger partial charge in [-0.25, -0.2) is 4.98 Å². The maximum Gasteiger partial charge on any atom is 0.246 e. The molecule has 0 aliphatic carbocycles. The summed E-state index contributed by atoms with van der Waals surface area (Å²) in [6.07, 6.45) is 1.72. The fraction of sp³-hybridized carbons (Fsp3) is 0.600. The van der Waals surface area contributed by atoms with Gasteiger partial charge in [-0.3, -0.25) is 4.79 Å². The third-order valence-corrected chi connectivity index (χ3v) is 3.01. The molecule has 0 bridgehead atoms. The van der Waals surface area contributed by atoms with E-state index in [9.17, 15) is 4.79 Å². The smallest absolute Gasteiger partial charge is 0.246 e. The third kappa shape index (κ3) is 3.88. The van der Waals surface area contributed by atoms with Crippen LogP contribution < -0.4 is 11.1 Å². The van der Waals surface area contributed by atoms with Crippen molar-refractivity contribution in [2.24, 2.45) is 5.73 Å². The SMILES string of the molecule is CC(C)(NC(=O)COCCN)c1nccs1. The Morgan fingerprint density at radius 1 is 1.69 bits per heavy atom. The number of nitrogens with zero attached hydrogens (tertiary/aromatic N) is 1. The fourth-order valence-electron chi connectivity index (χ4n) is 1.22. The van der Waals surface area contributed by atoms with Crippen LogP contribution in [0.1, 0.15) is 18.9 Å². The number of rotatable bonds is 6. The average Bonchev–Trinajstić information content (AvgIpc) is 2.70. The molecule has 0 atom stereocenters. The Bertz CT molecular complexity index is 325. The molecule has 1 amide bonds. The van der Waals surface area contributed by atoms with E-state index in [1.807, 2.05) is 19.2 Å². The third-order valence-electron chi connectivity index (χ3n) is 1.91. The Morgan fingerprint density at radius 2 is 2.44 bits per heavy atom. The Kier molecular flexibility index (Phi) is 4.85. The first-order chi connectivity index (χ1) is 7.56. The summed E-state index contributed by atoms with van der Waals surface area (Å²) in [6, 6.07) is 0. The number of nitrogens with one attached hydrogen (secondary N) is 1. The lowest BCUT2D eigenvalue weighted by atomic mass is 10.1. The van der Waals surface area contributed by atoms with E-state index < -0.39 is 5.54 Å². The first kappa shape index (κ1) is 13.1. The highest BCUT2D eigenvalue weighted by molar-refractivity contribution is 7.09. The van der Waals surface area contributed by atoms with Crippen LogP contribution >= 0.6 is 11.3 Å². The number of thiazole rings is 1. The van der Waals surface area contributed by atoms with E-state index in [4.69, 9.17) is 10.5 Å². The number of hydrogen-bond donors (Lipinski definition) is 2. The van der Waals surface area contributed by atoms with Crippen LogP contribution in [0.5, 0.6) is 0 Å². The quantitative estimate of drug-likeness (QED) is 0.712. The minimum Gasteiger partial charge on any atom is -0.370 e. The van der Waals surface area contributed by atoms with Crippen molar-refractivity contribution in [3.63, 3.8) is 0 Å². The Balaban J connectivity index is 2.43. The molecule has 0 unspecified atom stereocenters. The summed E-state index contributed by atoms with van der Waals surface area (Å²) in [5.74, 6) is -0.159. The normalized spacial score (nSPS) is 11.4. The average molecular weight is 243 g/mol. The standard InChI is InChI=1S/C10H17N3O2S/c1-10(2,9-12-4-6-16-9)13-8(14)7-15-5-3-11/h4,6H,3,5,7,11H2,1-2H3,(H,13,14). The summed E-state index contributed by atoms with van der Waals surface area (Å²) in [5, 5.41) is 5.62. The van der Waals surface area contributed by atoms with Gasteiger partial charge < -0.3 is 15.8 Å². The van der Waals surface area contributed by atoms with Crippen LogP contribution in [-0.2, 0) is 15.1 Å². The van der Waals surface area contributed by atoms with Gasteiger partial charge in [-0.2, -0.15) is 0 Å². The van der Waals surface area contributed by atoms with E-state index in [0.717, 1.165) is 5.01 Å². The van der Waals surface area contributed by atoms with Crippen molar-refractivity contribution in [3.05, 3.63) is 16.6 Å². The molecule has 6 heteroatoms. The molecular formula is C10H17N3O2S. The van der Waals surface area contributed by atoms with Crippen LogP contribution in [0.2, 0.25) is 0 Å². The van der Waals surface area contributed by atoms with Gasteiger partial charge in [0.2, 0.25) is 5.91 Å². The summed E-state index contributed by atoms with van der Waals surface area (Å²) in [7, 11) is 0. The van der Waals surface area contributed by atoms with E-state index >= 15 is 0 Å². The van der Waals surface area contributed by atoms with E-state index in [-0.39, 0.29) is 12.5 Å². The van der Waals surface area contributed by atoms with Gasteiger partial charge in [0.1, 0.15) is 11.6 Å². The molecule has 1 heterocycles. The van der Waals surface area contributed by atoms with Gasteiger partial charge in [0.15, 0.2) is 0 Å². The van der Waals surface area contributed by atoms with Gasteiger partial charge >= 0.3 is 0 Å². The van der Waals surface area contributed by atoms with Crippen LogP contribution in [0.3, 0.4) is 0 Å². The molecule has 0 aromatic carbocycles. The number of ether oxygens (including phenoxy) is 1. The molecule has 0 radical (unpaired) electrons. The lowest BCUT2D eigenvalue weighted by Gasteiger charge is -2.23. The minimum absolute atomic E-state index is 0.0337. The van der Waals surface area contributed by atoms with E-state index in [2.05, 4.69) is 10.3 Å². The molecule has 0 aliphatic heterocycles. The predicted octanol–water partition coefficient (Wildman–Crippen LogP) is 0.470. The molecule has 3 N–H and O–H groups in total. The largest absolute Gasteiger partial charge is 0.370 e. The van der Waals surface area contributed by atoms with Gasteiger partial charge in [-0.05, 0) is 13.8 Å². The van der Waals surface area contributed by atoms with Gasteiger partial charge in [-0.1, -0.05) is 0 Å². The van der Waals surface area contributed by atoms with E-state index in [1.165, 1.54) is 11.3 Å². The first-order valence-corrected chi connectivity index (χ1v) is 5.93. The minimum atomic E-state index is -0.461. The highest BCUT2D eigenvalue weighted by Crippen LogP contribution is 2.21. The van der Waals surface area contributed by atoms with Gasteiger partial charge in [0.25, 0.3) is 0 Å². The van der Waals surface area contributed by atoms with Crippen molar-refractivity contribution in [3.8, 4) is 0 Å². The van der Waals surface area contributed by atoms with Crippen molar-refractivity contribution >= 4 is 17.2 Å². The Morgan fingerprint density at radius 3 is 3.00 bits per heavy atom. The van der Waals surface area contributed by atoms with Crippen molar-refractivity contribution in [2.45, 2.75) is 19.4 Å². The predicted molar refractivity (Wildman–Crippen MR) is 63.2 cm³/mol. The van der Waals surface area contributed by atoms with Gasteiger partial charge in [-0.15, -0.1) is 11.3 Å². The zero-order valence-corrected chi connectivity index (χ0v) is 10.3. The topological polar surface area (TPSA) is 77.2 Å². The number of hydrogen-bond acceptors (Lipinski definition) is 5. The fourth-order valence-corrected chi connectivity index (χ4v) is 1.94. The molecular weight excluding hydrogens is 226 g/mol. The molecule has 0 aliphatic rings. The second-order valence-electron chi connectivity index (χ2n) is 3.85. The lowest BCUT2D eigenvalue weighted by Crippen LogP contribution is -2.42. The lowest BCUT2D eigenvalue weighted by molar-refractivity contribution is -0.127. The summed E-state index contributed by atoms with van der Waals surface area (Å²) in [5.41, 5.74) is 4.79. The number of nitrogens with two attached hydrogens (primary N) is 1. The maximum absolute atomic E-state index is 11.5. The van der Waals surface area contributed by atoms with Crippen molar-refractivity contribution in [1.29, 1.82) is 0 Å². The number of carbonyl (C=O) groups is 1. The van der Waals surface area contributed by atoms with Crippen molar-refractivity contribution in [2.75, 3.05) is 19.8 Å². The summed E-state index contributed by atoms with van der Waals surface area (Å²) in [4.78, 5) is 15.7. The monoisotopic (exact) mass is 243 g/mol. The highest BCUT2D eigenvalue weighted by atomic mass is 32.1. The molecule has 0 fully saturated rings. The molecule has 5 nitrogen and oxygen atoms in total. The second kappa shape index (κ2) is 5.93. The van der Waals surface area contributed by atoms with Crippen molar-refractivity contribution in [1.82, 2.24) is 10.3 Å². The molecule has 1 rings (SSSR count). The Labute approximate surface area is 99.0 Å². The number of carbonyl (C=O) groups excluding carboxylic acids is 1.